The molecule has 2 heterocycles. The summed E-state index contributed by atoms with van der Waals surface area (Å²) < 4.78 is 11.8. The summed E-state index contributed by atoms with van der Waals surface area (Å²) in [5.74, 6) is 0.220. The molecule has 1 aromatic carbocycles. The number of hydrogen-bond acceptors (Lipinski definition) is 7. The fourth-order valence-corrected chi connectivity index (χ4v) is 2.06. The average molecular weight is 341 g/mol. The smallest absolute Gasteiger partial charge is 0.361 e. The molecule has 0 spiro atoms. The topological polar surface area (TPSA) is 95.9 Å². The molecule has 2 aromatic heterocycles. The van der Waals surface area contributed by atoms with Crippen molar-refractivity contribution in [2.24, 2.45) is 0 Å². The van der Waals surface area contributed by atoms with Gasteiger partial charge in [-0.05, 0) is 5.56 Å². The summed E-state index contributed by atoms with van der Waals surface area (Å²) in [5.41, 5.74) is 0.964. The van der Waals surface area contributed by atoms with Crippen LogP contribution in [0.5, 0.6) is 0 Å². The number of carbonyl (C=O) groups is 1. The van der Waals surface area contributed by atoms with Gasteiger partial charge in [-0.1, -0.05) is 61.5 Å². The third-order valence-electron chi connectivity index (χ3n) is 3.40. The van der Waals surface area contributed by atoms with E-state index >= 15 is 0 Å². The molecule has 25 heavy (non-hydrogen) atoms. The fourth-order valence-electron chi connectivity index (χ4n) is 2.06. The minimum atomic E-state index is -0.588. The molecule has 0 radical (unpaired) electrons. The predicted molar refractivity (Wildman–Crippen MR) is 87.7 cm³/mol. The van der Waals surface area contributed by atoms with E-state index in [0.29, 0.717) is 12.4 Å². The van der Waals surface area contributed by atoms with Crippen molar-refractivity contribution in [3.8, 4) is 0 Å². The summed E-state index contributed by atoms with van der Waals surface area (Å²) in [6, 6.07) is 9.77. The molecule has 8 nitrogen and oxygen atoms in total. The van der Waals surface area contributed by atoms with Gasteiger partial charge in [-0.2, -0.15) is 4.98 Å². The van der Waals surface area contributed by atoms with Crippen LogP contribution in [0.3, 0.4) is 0 Å². The van der Waals surface area contributed by atoms with Gasteiger partial charge in [0.1, 0.15) is 0 Å². The Balaban J connectivity index is 1.58. The molecule has 3 aromatic rings. The molecule has 0 saturated heterocycles. The number of carbonyl (C=O) groups excluding carboxylic acids is 1. The van der Waals surface area contributed by atoms with Crippen LogP contribution in [0.15, 0.2) is 41.1 Å². The van der Waals surface area contributed by atoms with E-state index < -0.39 is 5.97 Å². The number of nitrogens with zero attached hydrogens (tertiary/aromatic N) is 5. The zero-order valence-corrected chi connectivity index (χ0v) is 14.3. The molecular formula is C17H19N5O3. The van der Waals surface area contributed by atoms with Crippen molar-refractivity contribution in [2.75, 3.05) is 0 Å². The molecule has 0 atom stereocenters. The van der Waals surface area contributed by atoms with E-state index in [1.165, 1.54) is 0 Å². The third-order valence-corrected chi connectivity index (χ3v) is 3.40. The molecular weight excluding hydrogens is 322 g/mol. The van der Waals surface area contributed by atoms with E-state index in [4.69, 9.17) is 9.26 Å². The Kier molecular flexibility index (Phi) is 4.60. The normalized spacial score (nSPS) is 11.5. The maximum Gasteiger partial charge on any atom is 0.361 e. The lowest BCUT2D eigenvalue weighted by atomic mass is 9.96. The quantitative estimate of drug-likeness (QED) is 0.657. The van der Waals surface area contributed by atoms with Gasteiger partial charge < -0.3 is 9.26 Å². The molecule has 130 valence electrons. The van der Waals surface area contributed by atoms with Gasteiger partial charge >= 0.3 is 5.97 Å². The Hall–Kier alpha value is -3.03. The van der Waals surface area contributed by atoms with E-state index in [1.54, 1.807) is 10.9 Å². The zero-order valence-electron chi connectivity index (χ0n) is 14.3. The van der Waals surface area contributed by atoms with Crippen molar-refractivity contribution in [1.29, 1.82) is 0 Å². The van der Waals surface area contributed by atoms with E-state index in [2.05, 4.69) is 20.5 Å². The predicted octanol–water partition coefficient (Wildman–Crippen LogP) is 2.36. The number of benzene rings is 1. The summed E-state index contributed by atoms with van der Waals surface area (Å²) in [5, 5.41) is 11.7. The summed E-state index contributed by atoms with van der Waals surface area (Å²) in [4.78, 5) is 16.3. The first-order valence-corrected chi connectivity index (χ1v) is 7.86. The van der Waals surface area contributed by atoms with Crippen molar-refractivity contribution < 1.29 is 14.1 Å². The second-order valence-corrected chi connectivity index (χ2v) is 6.62. The Morgan fingerprint density at radius 2 is 2.00 bits per heavy atom. The molecule has 0 aliphatic rings. The second kappa shape index (κ2) is 6.84. The van der Waals surface area contributed by atoms with Crippen molar-refractivity contribution in [3.05, 3.63) is 59.5 Å². The van der Waals surface area contributed by atoms with Gasteiger partial charge in [0.05, 0.1) is 12.7 Å². The molecule has 3 rings (SSSR count). The fraction of sp³-hybridized carbons (Fsp3) is 0.353. The molecule has 0 aliphatic carbocycles. The number of rotatable bonds is 5. The highest BCUT2D eigenvalue weighted by Gasteiger charge is 2.22. The average Bonchev–Trinajstić information content (AvgIpc) is 3.22. The SMILES string of the molecule is CC(C)(C)c1noc(COC(=O)c2cn(Cc3ccccc3)nn2)n1. The molecule has 0 amide bonds. The van der Waals surface area contributed by atoms with E-state index in [1.807, 2.05) is 51.1 Å². The summed E-state index contributed by atoms with van der Waals surface area (Å²) in [6.45, 7) is 6.34. The first-order valence-electron chi connectivity index (χ1n) is 7.86. The largest absolute Gasteiger partial charge is 0.451 e. The highest BCUT2D eigenvalue weighted by atomic mass is 16.6. The van der Waals surface area contributed by atoms with Gasteiger partial charge in [-0.25, -0.2) is 9.48 Å². The van der Waals surface area contributed by atoms with Crippen LogP contribution in [0.4, 0.5) is 0 Å². The number of hydrogen-bond donors (Lipinski definition) is 0. The lowest BCUT2D eigenvalue weighted by molar-refractivity contribution is 0.0422. The monoisotopic (exact) mass is 341 g/mol. The van der Waals surface area contributed by atoms with E-state index in [9.17, 15) is 4.79 Å². The van der Waals surface area contributed by atoms with Gasteiger partial charge in [-0.15, -0.1) is 5.10 Å². The lowest BCUT2D eigenvalue weighted by Gasteiger charge is -2.10. The first-order chi connectivity index (χ1) is 11.9. The lowest BCUT2D eigenvalue weighted by Crippen LogP contribution is -2.13. The zero-order chi connectivity index (χ0) is 17.9. The molecule has 0 unspecified atom stereocenters. The number of esters is 1. The molecule has 0 N–H and O–H groups in total. The van der Waals surface area contributed by atoms with Crippen LogP contribution in [-0.4, -0.2) is 31.1 Å². The van der Waals surface area contributed by atoms with Crippen LogP contribution in [0.2, 0.25) is 0 Å². The van der Waals surface area contributed by atoms with Crippen molar-refractivity contribution in [3.63, 3.8) is 0 Å². The summed E-state index contributed by atoms with van der Waals surface area (Å²) in [6.07, 6.45) is 1.55. The van der Waals surface area contributed by atoms with Crippen LogP contribution in [-0.2, 0) is 23.3 Å². The van der Waals surface area contributed by atoms with Crippen LogP contribution < -0.4 is 0 Å². The molecule has 0 aliphatic heterocycles. The minimum absolute atomic E-state index is 0.104. The summed E-state index contributed by atoms with van der Waals surface area (Å²) in [7, 11) is 0. The third kappa shape index (κ3) is 4.28. The highest BCUT2D eigenvalue weighted by Crippen LogP contribution is 2.18. The number of ether oxygens (including phenoxy) is 1. The van der Waals surface area contributed by atoms with E-state index in [-0.39, 0.29) is 23.6 Å². The van der Waals surface area contributed by atoms with Crippen molar-refractivity contribution >= 4 is 5.97 Å². The molecule has 0 bridgehead atoms. The van der Waals surface area contributed by atoms with Gasteiger partial charge in [0.15, 0.2) is 18.1 Å². The Morgan fingerprint density at radius 3 is 2.68 bits per heavy atom. The van der Waals surface area contributed by atoms with Gasteiger partial charge in [0.2, 0.25) is 0 Å². The van der Waals surface area contributed by atoms with Gasteiger partial charge in [-0.3, -0.25) is 0 Å². The first kappa shape index (κ1) is 16.8. The van der Waals surface area contributed by atoms with Crippen LogP contribution in [0, 0.1) is 0 Å². The molecule has 0 fully saturated rings. The maximum atomic E-state index is 12.1. The van der Waals surface area contributed by atoms with Gasteiger partial charge in [0, 0.05) is 5.41 Å². The molecule has 8 heteroatoms. The minimum Gasteiger partial charge on any atom is -0.451 e. The highest BCUT2D eigenvalue weighted by molar-refractivity contribution is 5.86. The molecule has 0 saturated carbocycles. The van der Waals surface area contributed by atoms with Crippen LogP contribution in [0.25, 0.3) is 0 Å². The number of aromatic nitrogens is 5. The van der Waals surface area contributed by atoms with Crippen molar-refractivity contribution in [1.82, 2.24) is 25.1 Å². The standard InChI is InChI=1S/C17H19N5O3/c1-17(2,3)16-18-14(25-20-16)11-24-15(23)13-10-22(21-19-13)9-12-7-5-4-6-8-12/h4-8,10H,9,11H2,1-3H3. The second-order valence-electron chi connectivity index (χ2n) is 6.62. The van der Waals surface area contributed by atoms with Gasteiger partial charge in [0.25, 0.3) is 5.89 Å². The van der Waals surface area contributed by atoms with Crippen LogP contribution in [0.1, 0.15) is 48.5 Å². The Labute approximate surface area is 144 Å². The van der Waals surface area contributed by atoms with Crippen LogP contribution >= 0.6 is 0 Å². The maximum absolute atomic E-state index is 12.1. The van der Waals surface area contributed by atoms with Crippen molar-refractivity contribution in [2.45, 2.75) is 39.3 Å². The van der Waals surface area contributed by atoms with E-state index in [0.717, 1.165) is 5.56 Å². The Bertz CT molecular complexity index is 849. The summed E-state index contributed by atoms with van der Waals surface area (Å²) >= 11 is 0. The Morgan fingerprint density at radius 1 is 1.24 bits per heavy atom.